The van der Waals surface area contributed by atoms with Gasteiger partial charge in [-0.15, -0.1) is 0 Å². The maximum atomic E-state index is 13.6. The number of anilines is 1. The number of rotatable bonds is 10. The van der Waals surface area contributed by atoms with E-state index in [1.807, 2.05) is 32.0 Å². The van der Waals surface area contributed by atoms with Crippen LogP contribution in [0.2, 0.25) is 0 Å². The van der Waals surface area contributed by atoms with Gasteiger partial charge >= 0.3 is 0 Å². The molecule has 0 fully saturated rings. The lowest BCUT2D eigenvalue weighted by molar-refractivity contribution is -0.119. The average molecular weight is 508 g/mol. The van der Waals surface area contributed by atoms with E-state index >= 15 is 0 Å². The van der Waals surface area contributed by atoms with Crippen LogP contribution < -0.4 is 14.5 Å². The summed E-state index contributed by atoms with van der Waals surface area (Å²) in [6, 6.07) is 23.3. The van der Waals surface area contributed by atoms with Crippen molar-refractivity contribution in [3.63, 3.8) is 0 Å². The van der Waals surface area contributed by atoms with E-state index in [0.29, 0.717) is 12.2 Å². The van der Waals surface area contributed by atoms with Crippen LogP contribution >= 0.6 is 0 Å². The number of nitrogens with zero attached hydrogens (tertiary/aromatic N) is 2. The van der Waals surface area contributed by atoms with Crippen molar-refractivity contribution in [3.8, 4) is 5.75 Å². The Hall–Kier alpha value is -3.65. The van der Waals surface area contributed by atoms with Crippen LogP contribution in [0.3, 0.4) is 0 Å². The van der Waals surface area contributed by atoms with Crippen molar-refractivity contribution in [2.24, 2.45) is 5.10 Å². The van der Waals surface area contributed by atoms with Crippen molar-refractivity contribution in [1.29, 1.82) is 0 Å². The Kier molecular flexibility index (Phi) is 8.53. The van der Waals surface area contributed by atoms with Crippen LogP contribution in [-0.4, -0.2) is 33.7 Å². The van der Waals surface area contributed by atoms with E-state index in [4.69, 9.17) is 4.74 Å². The molecule has 190 valence electrons. The summed E-state index contributed by atoms with van der Waals surface area (Å²) < 4.78 is 33.6. The minimum atomic E-state index is -4.06. The molecular weight excluding hydrogens is 474 g/mol. The van der Waals surface area contributed by atoms with Gasteiger partial charge in [-0.3, -0.25) is 9.10 Å². The molecule has 0 aliphatic heterocycles. The van der Waals surface area contributed by atoms with Crippen molar-refractivity contribution >= 4 is 27.3 Å². The SMILES string of the molecule is COc1ccccc1N(CC(=O)N/N=C(/C)CC(C)(C)c1ccccc1)S(=O)(=O)c1ccc(C)cc1. The number of methoxy groups -OCH3 is 1. The smallest absolute Gasteiger partial charge is 0.264 e. The standard InChI is InChI=1S/C28H33N3O4S/c1-21-15-17-24(18-16-21)36(33,34)31(25-13-9-10-14-26(25)35-5)20-27(32)30-29-22(2)19-28(3,4)23-11-7-6-8-12-23/h6-18H,19-20H2,1-5H3,(H,30,32)/b29-22-. The molecule has 0 heterocycles. The number of benzene rings is 3. The second kappa shape index (κ2) is 11.4. The van der Waals surface area contributed by atoms with Crippen molar-refractivity contribution in [2.75, 3.05) is 18.0 Å². The summed E-state index contributed by atoms with van der Waals surface area (Å²) >= 11 is 0. The van der Waals surface area contributed by atoms with Gasteiger partial charge in [-0.05, 0) is 55.5 Å². The molecule has 0 aliphatic rings. The number of hydrazone groups is 1. The van der Waals surface area contributed by atoms with Crippen LogP contribution in [0.25, 0.3) is 0 Å². The molecule has 0 saturated heterocycles. The second-order valence-electron chi connectivity index (χ2n) is 9.31. The van der Waals surface area contributed by atoms with E-state index in [1.165, 1.54) is 19.2 Å². The molecule has 3 aromatic rings. The lowest BCUT2D eigenvalue weighted by Crippen LogP contribution is -2.40. The van der Waals surface area contributed by atoms with Crippen LogP contribution in [0.1, 0.15) is 38.3 Å². The summed E-state index contributed by atoms with van der Waals surface area (Å²) in [6.45, 7) is 7.48. The molecule has 0 atom stereocenters. The Morgan fingerprint density at radius 3 is 2.22 bits per heavy atom. The monoisotopic (exact) mass is 507 g/mol. The lowest BCUT2D eigenvalue weighted by Gasteiger charge is -2.26. The normalized spacial score (nSPS) is 12.2. The third-order valence-corrected chi connectivity index (χ3v) is 7.65. The topological polar surface area (TPSA) is 88.1 Å². The van der Waals surface area contributed by atoms with Crippen LogP contribution in [0, 0.1) is 6.92 Å². The number of carbonyl (C=O) groups is 1. The molecule has 0 bridgehead atoms. The predicted molar refractivity (Wildman–Crippen MR) is 144 cm³/mol. The Bertz CT molecular complexity index is 1320. The quantitative estimate of drug-likeness (QED) is 0.307. The average Bonchev–Trinajstić information content (AvgIpc) is 2.86. The van der Waals surface area contributed by atoms with Gasteiger partial charge in [0, 0.05) is 5.71 Å². The van der Waals surface area contributed by atoms with Gasteiger partial charge < -0.3 is 4.74 Å². The highest BCUT2D eigenvalue weighted by Gasteiger charge is 2.29. The first-order valence-electron chi connectivity index (χ1n) is 11.6. The Balaban J connectivity index is 1.84. The van der Waals surface area contributed by atoms with Gasteiger partial charge in [-0.25, -0.2) is 13.8 Å². The third-order valence-electron chi connectivity index (χ3n) is 5.87. The highest BCUT2D eigenvalue weighted by molar-refractivity contribution is 7.92. The number of nitrogens with one attached hydrogen (secondary N) is 1. The van der Waals surface area contributed by atoms with Gasteiger partial charge in [0.2, 0.25) is 0 Å². The predicted octanol–water partition coefficient (Wildman–Crippen LogP) is 5.06. The molecule has 0 aromatic heterocycles. The molecule has 0 unspecified atom stereocenters. The number of hydrogen-bond donors (Lipinski definition) is 1. The Morgan fingerprint density at radius 1 is 0.972 bits per heavy atom. The van der Waals surface area contributed by atoms with E-state index in [0.717, 1.165) is 21.1 Å². The maximum Gasteiger partial charge on any atom is 0.264 e. The molecule has 0 radical (unpaired) electrons. The zero-order chi connectivity index (χ0) is 26.3. The fraction of sp³-hybridized carbons (Fsp3) is 0.286. The molecule has 0 aliphatic carbocycles. The lowest BCUT2D eigenvalue weighted by atomic mass is 9.80. The fourth-order valence-electron chi connectivity index (χ4n) is 3.97. The summed E-state index contributed by atoms with van der Waals surface area (Å²) in [6.07, 6.45) is 0.620. The number of ether oxygens (including phenoxy) is 1. The zero-order valence-corrected chi connectivity index (χ0v) is 22.2. The molecule has 7 nitrogen and oxygen atoms in total. The number of amides is 1. The summed E-state index contributed by atoms with van der Waals surface area (Å²) in [5.74, 6) is -0.223. The van der Waals surface area contributed by atoms with Crippen LogP contribution in [-0.2, 0) is 20.2 Å². The number of hydrogen-bond acceptors (Lipinski definition) is 5. The van der Waals surface area contributed by atoms with Crippen LogP contribution in [0.15, 0.2) is 88.9 Å². The summed E-state index contributed by atoms with van der Waals surface area (Å²) in [5.41, 5.74) is 5.43. The molecular formula is C28H33N3O4S. The molecule has 8 heteroatoms. The van der Waals surface area contributed by atoms with E-state index in [2.05, 4.69) is 36.5 Å². The molecule has 0 saturated carbocycles. The number of carbonyl (C=O) groups excluding carboxylic acids is 1. The van der Waals surface area contributed by atoms with Crippen LogP contribution in [0.4, 0.5) is 5.69 Å². The van der Waals surface area contributed by atoms with Crippen molar-refractivity contribution in [1.82, 2.24) is 5.43 Å². The number of aryl methyl sites for hydroxylation is 1. The molecule has 3 rings (SSSR count). The van der Waals surface area contributed by atoms with Crippen molar-refractivity contribution in [2.45, 2.75) is 44.4 Å². The highest BCUT2D eigenvalue weighted by atomic mass is 32.2. The van der Waals surface area contributed by atoms with Crippen molar-refractivity contribution < 1.29 is 17.9 Å². The second-order valence-corrected chi connectivity index (χ2v) is 11.2. The van der Waals surface area contributed by atoms with E-state index in [9.17, 15) is 13.2 Å². The van der Waals surface area contributed by atoms with Gasteiger partial charge in [-0.2, -0.15) is 5.10 Å². The molecule has 36 heavy (non-hydrogen) atoms. The largest absolute Gasteiger partial charge is 0.495 e. The molecule has 1 amide bonds. The summed E-state index contributed by atoms with van der Waals surface area (Å²) in [7, 11) is -2.60. The van der Waals surface area contributed by atoms with Gasteiger partial charge in [-0.1, -0.05) is 74.0 Å². The first-order chi connectivity index (χ1) is 17.0. The van der Waals surface area contributed by atoms with E-state index < -0.39 is 22.5 Å². The van der Waals surface area contributed by atoms with E-state index in [1.54, 1.807) is 36.4 Å². The first kappa shape index (κ1) is 26.9. The Morgan fingerprint density at radius 2 is 1.58 bits per heavy atom. The van der Waals surface area contributed by atoms with E-state index in [-0.39, 0.29) is 16.0 Å². The van der Waals surface area contributed by atoms with Crippen LogP contribution in [0.5, 0.6) is 5.75 Å². The first-order valence-corrected chi connectivity index (χ1v) is 13.1. The zero-order valence-electron chi connectivity index (χ0n) is 21.4. The van der Waals surface area contributed by atoms with Gasteiger partial charge in [0.15, 0.2) is 0 Å². The fourth-order valence-corrected chi connectivity index (χ4v) is 5.40. The highest BCUT2D eigenvalue weighted by Crippen LogP contribution is 2.32. The number of sulfonamides is 1. The van der Waals surface area contributed by atoms with Crippen molar-refractivity contribution in [3.05, 3.63) is 90.0 Å². The van der Waals surface area contributed by atoms with Gasteiger partial charge in [0.25, 0.3) is 15.9 Å². The molecule has 0 spiro atoms. The minimum absolute atomic E-state index is 0.0797. The van der Waals surface area contributed by atoms with Gasteiger partial charge in [0.05, 0.1) is 17.7 Å². The Labute approximate surface area is 213 Å². The minimum Gasteiger partial charge on any atom is -0.495 e. The third kappa shape index (κ3) is 6.51. The summed E-state index contributed by atoms with van der Waals surface area (Å²) in [5, 5.41) is 4.25. The molecule has 1 N–H and O–H groups in total. The van der Waals surface area contributed by atoms with Gasteiger partial charge in [0.1, 0.15) is 12.3 Å². The summed E-state index contributed by atoms with van der Waals surface area (Å²) in [4.78, 5) is 13.0. The maximum absolute atomic E-state index is 13.6. The molecule has 3 aromatic carbocycles. The number of para-hydroxylation sites is 2.